The van der Waals surface area contributed by atoms with Crippen molar-refractivity contribution in [2.45, 2.75) is 25.8 Å². The molecule has 1 unspecified atom stereocenters. The number of nitrogens with one attached hydrogen (secondary N) is 1. The molecule has 25 heavy (non-hydrogen) atoms. The van der Waals surface area contributed by atoms with Crippen molar-refractivity contribution in [1.29, 1.82) is 0 Å². The van der Waals surface area contributed by atoms with E-state index in [-0.39, 0.29) is 11.9 Å². The lowest BCUT2D eigenvalue weighted by Gasteiger charge is -2.23. The Hall–Kier alpha value is -2.33. The van der Waals surface area contributed by atoms with E-state index in [1.165, 1.54) is 0 Å². The van der Waals surface area contributed by atoms with Gasteiger partial charge in [-0.25, -0.2) is 0 Å². The number of para-hydroxylation sites is 1. The third-order valence-electron chi connectivity index (χ3n) is 3.98. The average Bonchev–Trinajstić information content (AvgIpc) is 2.61. The smallest absolute Gasteiger partial charge is 0.220 e. The highest BCUT2D eigenvalue weighted by atomic mass is 16.5. The van der Waals surface area contributed by atoms with E-state index in [1.54, 1.807) is 0 Å². The first-order chi connectivity index (χ1) is 12.1. The Bertz CT molecular complexity index is 656. The van der Waals surface area contributed by atoms with Gasteiger partial charge in [-0.05, 0) is 44.6 Å². The molecule has 1 atom stereocenters. The van der Waals surface area contributed by atoms with E-state index < -0.39 is 0 Å². The maximum absolute atomic E-state index is 12.5. The quantitative estimate of drug-likeness (QED) is 0.760. The molecule has 0 saturated carbocycles. The predicted molar refractivity (Wildman–Crippen MR) is 102 cm³/mol. The van der Waals surface area contributed by atoms with Crippen LogP contribution in [0.1, 0.15) is 30.5 Å². The Morgan fingerprint density at radius 2 is 1.76 bits per heavy atom. The minimum Gasteiger partial charge on any atom is -0.494 e. The van der Waals surface area contributed by atoms with Gasteiger partial charge in [0.1, 0.15) is 5.75 Å². The van der Waals surface area contributed by atoms with Crippen LogP contribution >= 0.6 is 0 Å². The van der Waals surface area contributed by atoms with Crippen LogP contribution in [0.3, 0.4) is 0 Å². The topological polar surface area (TPSA) is 41.6 Å². The Morgan fingerprint density at radius 1 is 1.08 bits per heavy atom. The van der Waals surface area contributed by atoms with Crippen LogP contribution in [0, 0.1) is 0 Å². The van der Waals surface area contributed by atoms with E-state index in [4.69, 9.17) is 4.74 Å². The van der Waals surface area contributed by atoms with Crippen LogP contribution in [0.2, 0.25) is 0 Å². The second kappa shape index (κ2) is 9.84. The standard InChI is InChI=1S/C21H28N2O2/c1-4-25-20-13-9-8-12-18(20)14-15-21(24)22-19(16-23(2)3)17-10-6-5-7-11-17/h5-13,19H,4,14-16H2,1-3H3,(H,22,24). The van der Waals surface area contributed by atoms with Crippen LogP contribution in [0.15, 0.2) is 54.6 Å². The summed E-state index contributed by atoms with van der Waals surface area (Å²) in [6.07, 6.45) is 1.12. The molecule has 1 amide bonds. The van der Waals surface area contributed by atoms with E-state index in [1.807, 2.05) is 63.5 Å². The first-order valence-electron chi connectivity index (χ1n) is 8.80. The maximum Gasteiger partial charge on any atom is 0.220 e. The van der Waals surface area contributed by atoms with Crippen molar-refractivity contribution in [3.8, 4) is 5.75 Å². The normalized spacial score (nSPS) is 12.0. The second-order valence-corrected chi connectivity index (χ2v) is 6.33. The minimum atomic E-state index is -0.00849. The highest BCUT2D eigenvalue weighted by molar-refractivity contribution is 5.76. The van der Waals surface area contributed by atoms with Gasteiger partial charge in [-0.2, -0.15) is 0 Å². The molecule has 0 fully saturated rings. The largest absolute Gasteiger partial charge is 0.494 e. The third kappa shape index (κ3) is 6.24. The fourth-order valence-electron chi connectivity index (χ4n) is 2.81. The highest BCUT2D eigenvalue weighted by Crippen LogP contribution is 2.20. The van der Waals surface area contributed by atoms with Crippen molar-refractivity contribution in [1.82, 2.24) is 10.2 Å². The zero-order valence-corrected chi connectivity index (χ0v) is 15.4. The zero-order valence-electron chi connectivity index (χ0n) is 15.4. The predicted octanol–water partition coefficient (Wildman–Crippen LogP) is 3.44. The van der Waals surface area contributed by atoms with Crippen molar-refractivity contribution >= 4 is 5.91 Å². The van der Waals surface area contributed by atoms with Gasteiger partial charge < -0.3 is 15.0 Å². The number of rotatable bonds is 9. The van der Waals surface area contributed by atoms with Gasteiger partial charge in [0.15, 0.2) is 0 Å². The zero-order chi connectivity index (χ0) is 18.1. The molecule has 0 aliphatic rings. The molecule has 0 aromatic heterocycles. The number of amides is 1. The summed E-state index contributed by atoms with van der Waals surface area (Å²) < 4.78 is 5.63. The number of aryl methyl sites for hydroxylation is 1. The van der Waals surface area contributed by atoms with Gasteiger partial charge in [0, 0.05) is 13.0 Å². The fraction of sp³-hybridized carbons (Fsp3) is 0.381. The molecule has 0 saturated heterocycles. The summed E-state index contributed by atoms with van der Waals surface area (Å²) in [7, 11) is 4.03. The van der Waals surface area contributed by atoms with Crippen LogP contribution in [0.4, 0.5) is 0 Å². The molecule has 2 rings (SSSR count). The number of benzene rings is 2. The van der Waals surface area contributed by atoms with E-state index in [9.17, 15) is 4.79 Å². The molecule has 134 valence electrons. The second-order valence-electron chi connectivity index (χ2n) is 6.33. The minimum absolute atomic E-state index is 0.00849. The lowest BCUT2D eigenvalue weighted by atomic mass is 10.1. The fourth-order valence-corrected chi connectivity index (χ4v) is 2.81. The SMILES string of the molecule is CCOc1ccccc1CCC(=O)NC(CN(C)C)c1ccccc1. The molecule has 2 aromatic rings. The van der Waals surface area contributed by atoms with Crippen molar-refractivity contribution < 1.29 is 9.53 Å². The number of ether oxygens (including phenoxy) is 1. The molecular weight excluding hydrogens is 312 g/mol. The van der Waals surface area contributed by atoms with Crippen LogP contribution in [-0.4, -0.2) is 38.1 Å². The number of carbonyl (C=O) groups excluding carboxylic acids is 1. The Kier molecular flexibility index (Phi) is 7.48. The number of carbonyl (C=O) groups is 1. The highest BCUT2D eigenvalue weighted by Gasteiger charge is 2.15. The molecule has 2 aromatic carbocycles. The Balaban J connectivity index is 1.97. The van der Waals surface area contributed by atoms with Crippen molar-refractivity contribution in [3.05, 3.63) is 65.7 Å². The summed E-state index contributed by atoms with van der Waals surface area (Å²) in [4.78, 5) is 14.6. The van der Waals surface area contributed by atoms with Crippen LogP contribution < -0.4 is 10.1 Å². The number of nitrogens with zero attached hydrogens (tertiary/aromatic N) is 1. The van der Waals surface area contributed by atoms with E-state index in [0.29, 0.717) is 19.4 Å². The summed E-state index contributed by atoms with van der Waals surface area (Å²) in [5, 5.41) is 3.16. The van der Waals surface area contributed by atoms with E-state index in [2.05, 4.69) is 22.3 Å². The van der Waals surface area contributed by atoms with Crippen LogP contribution in [-0.2, 0) is 11.2 Å². The third-order valence-corrected chi connectivity index (χ3v) is 3.98. The molecule has 0 radical (unpaired) electrons. The molecular formula is C21H28N2O2. The lowest BCUT2D eigenvalue weighted by Crippen LogP contribution is -2.35. The van der Waals surface area contributed by atoms with Crippen molar-refractivity contribution in [2.24, 2.45) is 0 Å². The monoisotopic (exact) mass is 340 g/mol. The van der Waals surface area contributed by atoms with Gasteiger partial charge in [-0.1, -0.05) is 48.5 Å². The first kappa shape index (κ1) is 19.0. The number of hydrogen-bond acceptors (Lipinski definition) is 3. The Labute approximate surface area is 150 Å². The van der Waals surface area contributed by atoms with Gasteiger partial charge in [0.05, 0.1) is 12.6 Å². The van der Waals surface area contributed by atoms with Gasteiger partial charge in [0.2, 0.25) is 5.91 Å². The molecule has 1 N–H and O–H groups in total. The van der Waals surface area contributed by atoms with Crippen LogP contribution in [0.5, 0.6) is 5.75 Å². The summed E-state index contributed by atoms with van der Waals surface area (Å²) in [6, 6.07) is 18.0. The van der Waals surface area contributed by atoms with Crippen molar-refractivity contribution in [2.75, 3.05) is 27.2 Å². The van der Waals surface area contributed by atoms with Gasteiger partial charge in [-0.3, -0.25) is 4.79 Å². The molecule has 0 aliphatic heterocycles. The van der Waals surface area contributed by atoms with Gasteiger partial charge in [-0.15, -0.1) is 0 Å². The molecule has 4 nitrogen and oxygen atoms in total. The van der Waals surface area contributed by atoms with E-state index in [0.717, 1.165) is 23.4 Å². The molecule has 0 heterocycles. The summed E-state index contributed by atoms with van der Waals surface area (Å²) >= 11 is 0. The van der Waals surface area contributed by atoms with Crippen LogP contribution in [0.25, 0.3) is 0 Å². The summed E-state index contributed by atoms with van der Waals surface area (Å²) in [6.45, 7) is 3.36. The number of likely N-dealkylation sites (N-methyl/N-ethyl adjacent to an activating group) is 1. The van der Waals surface area contributed by atoms with Crippen molar-refractivity contribution in [3.63, 3.8) is 0 Å². The molecule has 4 heteroatoms. The molecule has 0 aliphatic carbocycles. The van der Waals surface area contributed by atoms with Gasteiger partial charge >= 0.3 is 0 Å². The molecule has 0 spiro atoms. The first-order valence-corrected chi connectivity index (χ1v) is 8.80. The summed E-state index contributed by atoms with van der Waals surface area (Å²) in [5.41, 5.74) is 2.20. The average molecular weight is 340 g/mol. The lowest BCUT2D eigenvalue weighted by molar-refractivity contribution is -0.121. The summed E-state index contributed by atoms with van der Waals surface area (Å²) in [5.74, 6) is 0.924. The van der Waals surface area contributed by atoms with Gasteiger partial charge in [0.25, 0.3) is 0 Å². The van der Waals surface area contributed by atoms with E-state index >= 15 is 0 Å². The maximum atomic E-state index is 12.5. The Morgan fingerprint density at radius 3 is 2.44 bits per heavy atom. The number of hydrogen-bond donors (Lipinski definition) is 1. The molecule has 0 bridgehead atoms.